The van der Waals surface area contributed by atoms with Crippen molar-refractivity contribution >= 4 is 30.2 Å². The molecule has 0 aliphatic rings. The molecule has 2 aromatic carbocycles. The predicted molar refractivity (Wildman–Crippen MR) is 84.3 cm³/mol. The van der Waals surface area contributed by atoms with Gasteiger partial charge in [-0.3, -0.25) is 0 Å². The van der Waals surface area contributed by atoms with Crippen LogP contribution in [0.5, 0.6) is 0 Å². The number of pyridine rings is 1. The number of rotatable bonds is 2. The quantitative estimate of drug-likeness (QED) is 0.730. The molecule has 1 N–H and O–H groups in total. The van der Waals surface area contributed by atoms with Crippen LogP contribution in [0.2, 0.25) is 0 Å². The van der Waals surface area contributed by atoms with E-state index in [1.807, 2.05) is 37.3 Å². The Bertz CT molecular complexity index is 841. The summed E-state index contributed by atoms with van der Waals surface area (Å²) in [6, 6.07) is 14.4. The van der Waals surface area contributed by atoms with Gasteiger partial charge >= 0.3 is 5.97 Å². The van der Waals surface area contributed by atoms with Gasteiger partial charge in [0.1, 0.15) is 7.85 Å². The molecule has 21 heavy (non-hydrogen) atoms. The Labute approximate surface area is 123 Å². The number of carboxylic acids is 1. The Hall–Kier alpha value is -2.62. The van der Waals surface area contributed by atoms with E-state index < -0.39 is 5.97 Å². The van der Waals surface area contributed by atoms with Crippen LogP contribution < -0.4 is 5.46 Å². The highest BCUT2D eigenvalue weighted by atomic mass is 16.4. The molecule has 0 unspecified atom stereocenters. The first-order chi connectivity index (χ1) is 10.0. The number of hydrogen-bond acceptors (Lipinski definition) is 2. The number of benzene rings is 2. The molecule has 0 saturated heterocycles. The van der Waals surface area contributed by atoms with E-state index in [0.29, 0.717) is 22.1 Å². The van der Waals surface area contributed by atoms with Crippen molar-refractivity contribution in [3.8, 4) is 11.3 Å². The zero-order valence-corrected chi connectivity index (χ0v) is 11.5. The van der Waals surface area contributed by atoms with Gasteiger partial charge in [-0.15, -0.1) is 0 Å². The standard InChI is InChI=1S/C17H12BNO2/c1-10-2-7-15-13(8-10)14(17(20)21)9-16(19-15)11-3-5-12(18)6-4-11/h2-9H,1H3,(H,20,21). The van der Waals surface area contributed by atoms with Crippen molar-refractivity contribution in [1.29, 1.82) is 0 Å². The predicted octanol–water partition coefficient (Wildman–Crippen LogP) is 2.70. The molecule has 3 nitrogen and oxygen atoms in total. The normalized spacial score (nSPS) is 10.7. The topological polar surface area (TPSA) is 50.2 Å². The Morgan fingerprint density at radius 1 is 1.10 bits per heavy atom. The average molecular weight is 273 g/mol. The minimum absolute atomic E-state index is 0.260. The minimum atomic E-state index is -0.954. The van der Waals surface area contributed by atoms with Gasteiger partial charge in [0, 0.05) is 10.9 Å². The smallest absolute Gasteiger partial charge is 0.336 e. The third kappa shape index (κ3) is 2.52. The highest BCUT2D eigenvalue weighted by molar-refractivity contribution is 6.32. The van der Waals surface area contributed by atoms with Gasteiger partial charge in [0.25, 0.3) is 0 Å². The van der Waals surface area contributed by atoms with Crippen molar-refractivity contribution in [3.05, 3.63) is 59.7 Å². The molecule has 4 heteroatoms. The van der Waals surface area contributed by atoms with E-state index in [9.17, 15) is 9.90 Å². The van der Waals surface area contributed by atoms with Gasteiger partial charge in [0.05, 0.1) is 16.8 Å². The number of nitrogens with zero attached hydrogens (tertiary/aromatic N) is 1. The van der Waals surface area contributed by atoms with Crippen LogP contribution >= 0.6 is 0 Å². The van der Waals surface area contributed by atoms with Gasteiger partial charge in [-0.1, -0.05) is 41.4 Å². The van der Waals surface area contributed by atoms with E-state index in [-0.39, 0.29) is 5.56 Å². The molecule has 0 spiro atoms. The van der Waals surface area contributed by atoms with E-state index in [2.05, 4.69) is 4.98 Å². The number of aryl methyl sites for hydroxylation is 1. The van der Waals surface area contributed by atoms with Gasteiger partial charge in [0.2, 0.25) is 0 Å². The van der Waals surface area contributed by atoms with Gasteiger partial charge in [0.15, 0.2) is 0 Å². The zero-order valence-electron chi connectivity index (χ0n) is 11.5. The Morgan fingerprint density at radius 3 is 2.48 bits per heavy atom. The summed E-state index contributed by atoms with van der Waals surface area (Å²) >= 11 is 0. The van der Waals surface area contributed by atoms with Crippen molar-refractivity contribution < 1.29 is 9.90 Å². The van der Waals surface area contributed by atoms with E-state index >= 15 is 0 Å². The second-order valence-electron chi connectivity index (χ2n) is 5.00. The lowest BCUT2D eigenvalue weighted by molar-refractivity contribution is 0.0699. The second-order valence-corrected chi connectivity index (χ2v) is 5.00. The SMILES string of the molecule is [B]c1ccc(-c2cc(C(=O)O)c3cc(C)ccc3n2)cc1. The molecular weight excluding hydrogens is 261 g/mol. The molecule has 1 aromatic heterocycles. The van der Waals surface area contributed by atoms with Crippen LogP contribution in [0.15, 0.2) is 48.5 Å². The molecule has 0 fully saturated rings. The molecule has 0 atom stereocenters. The molecule has 0 saturated carbocycles. The summed E-state index contributed by atoms with van der Waals surface area (Å²) in [4.78, 5) is 16.1. The van der Waals surface area contributed by atoms with E-state index in [0.717, 1.165) is 11.1 Å². The third-order valence-electron chi connectivity index (χ3n) is 3.40. The highest BCUT2D eigenvalue weighted by Crippen LogP contribution is 2.25. The maximum absolute atomic E-state index is 11.5. The monoisotopic (exact) mass is 273 g/mol. The van der Waals surface area contributed by atoms with Gasteiger partial charge < -0.3 is 5.11 Å². The molecule has 0 aliphatic carbocycles. The molecule has 3 rings (SSSR count). The third-order valence-corrected chi connectivity index (χ3v) is 3.40. The number of carboxylic acid groups (broad SMARTS) is 1. The summed E-state index contributed by atoms with van der Waals surface area (Å²) in [6.45, 7) is 1.93. The first-order valence-corrected chi connectivity index (χ1v) is 6.55. The fourth-order valence-corrected chi connectivity index (χ4v) is 2.32. The fourth-order valence-electron chi connectivity index (χ4n) is 2.32. The summed E-state index contributed by atoms with van der Waals surface area (Å²) in [7, 11) is 5.68. The zero-order chi connectivity index (χ0) is 15.0. The van der Waals surface area contributed by atoms with Crippen LogP contribution in [0, 0.1) is 6.92 Å². The maximum Gasteiger partial charge on any atom is 0.336 e. The van der Waals surface area contributed by atoms with Crippen molar-refractivity contribution in [2.24, 2.45) is 0 Å². The summed E-state index contributed by atoms with van der Waals surface area (Å²) in [5.74, 6) is -0.954. The Balaban J connectivity index is 2.28. The van der Waals surface area contributed by atoms with Crippen molar-refractivity contribution in [3.63, 3.8) is 0 Å². The van der Waals surface area contributed by atoms with Crippen LogP contribution in [0.25, 0.3) is 22.2 Å². The van der Waals surface area contributed by atoms with Gasteiger partial charge in [-0.25, -0.2) is 9.78 Å². The second kappa shape index (κ2) is 5.06. The maximum atomic E-state index is 11.5. The van der Waals surface area contributed by atoms with Gasteiger partial charge in [-0.2, -0.15) is 0 Å². The number of aromatic nitrogens is 1. The fraction of sp³-hybridized carbons (Fsp3) is 0.0588. The summed E-state index contributed by atoms with van der Waals surface area (Å²) in [6.07, 6.45) is 0. The van der Waals surface area contributed by atoms with Crippen LogP contribution in [0.3, 0.4) is 0 Å². The van der Waals surface area contributed by atoms with Crippen LogP contribution in [-0.4, -0.2) is 23.9 Å². The molecule has 0 aliphatic heterocycles. The number of fused-ring (bicyclic) bond motifs is 1. The molecule has 2 radical (unpaired) electrons. The van der Waals surface area contributed by atoms with Crippen molar-refractivity contribution in [2.75, 3.05) is 0 Å². The summed E-state index contributed by atoms with van der Waals surface area (Å²) in [5.41, 5.74) is 4.07. The van der Waals surface area contributed by atoms with E-state index in [4.69, 9.17) is 7.85 Å². The van der Waals surface area contributed by atoms with Crippen molar-refractivity contribution in [1.82, 2.24) is 4.98 Å². The first kappa shape index (κ1) is 13.4. The van der Waals surface area contributed by atoms with Crippen LogP contribution in [0.1, 0.15) is 15.9 Å². The lowest BCUT2D eigenvalue weighted by Gasteiger charge is -2.08. The molecule has 0 amide bonds. The highest BCUT2D eigenvalue weighted by Gasteiger charge is 2.13. The number of hydrogen-bond donors (Lipinski definition) is 1. The first-order valence-electron chi connectivity index (χ1n) is 6.55. The summed E-state index contributed by atoms with van der Waals surface area (Å²) in [5, 5.41) is 10.1. The molecular formula is C17H12BNO2. The van der Waals surface area contributed by atoms with Crippen LogP contribution in [0.4, 0.5) is 0 Å². The lowest BCUT2D eigenvalue weighted by Crippen LogP contribution is -2.02. The van der Waals surface area contributed by atoms with Gasteiger partial charge in [-0.05, 0) is 25.1 Å². The largest absolute Gasteiger partial charge is 0.478 e. The van der Waals surface area contributed by atoms with E-state index in [1.165, 1.54) is 0 Å². The minimum Gasteiger partial charge on any atom is -0.478 e. The van der Waals surface area contributed by atoms with Crippen LogP contribution in [-0.2, 0) is 0 Å². The Kier molecular flexibility index (Phi) is 3.22. The molecule has 100 valence electrons. The summed E-state index contributed by atoms with van der Waals surface area (Å²) < 4.78 is 0. The molecule has 3 aromatic rings. The van der Waals surface area contributed by atoms with Crippen molar-refractivity contribution in [2.45, 2.75) is 6.92 Å². The average Bonchev–Trinajstić information content (AvgIpc) is 2.46. The lowest BCUT2D eigenvalue weighted by atomic mass is 9.94. The Morgan fingerprint density at radius 2 is 1.81 bits per heavy atom. The molecule has 0 bridgehead atoms. The number of aromatic carboxylic acids is 1. The number of carbonyl (C=O) groups is 1. The van der Waals surface area contributed by atoms with E-state index in [1.54, 1.807) is 18.2 Å². The molecule has 1 heterocycles.